The van der Waals surface area contributed by atoms with Crippen LogP contribution in [0.1, 0.15) is 17.0 Å². The quantitative estimate of drug-likeness (QED) is 0.917. The average Bonchev–Trinajstić information content (AvgIpc) is 2.71. The van der Waals surface area contributed by atoms with E-state index in [0.717, 1.165) is 46.0 Å². The molecule has 2 N–H and O–H groups in total. The summed E-state index contributed by atoms with van der Waals surface area (Å²) >= 11 is 0. The number of nitrogens with two attached hydrogens (primary N) is 1. The van der Waals surface area contributed by atoms with Crippen LogP contribution in [0.2, 0.25) is 0 Å². The number of aryl methyl sites for hydroxylation is 2. The first kappa shape index (κ1) is 15.4. The first-order chi connectivity index (χ1) is 10.0. The molecular weight excluding hydrogens is 266 g/mol. The van der Waals surface area contributed by atoms with E-state index in [-0.39, 0.29) is 0 Å². The summed E-state index contributed by atoms with van der Waals surface area (Å²) < 4.78 is 12.9. The molecule has 0 amide bonds. The molecule has 5 heteroatoms. The van der Waals surface area contributed by atoms with Gasteiger partial charge in [-0.25, -0.2) is 0 Å². The Hall–Kier alpha value is -2.01. The van der Waals surface area contributed by atoms with E-state index in [0.29, 0.717) is 6.54 Å². The minimum Gasteiger partial charge on any atom is -0.493 e. The van der Waals surface area contributed by atoms with Crippen molar-refractivity contribution in [1.29, 1.82) is 0 Å². The highest BCUT2D eigenvalue weighted by molar-refractivity contribution is 5.78. The molecule has 0 aliphatic heterocycles. The van der Waals surface area contributed by atoms with Crippen LogP contribution in [0.15, 0.2) is 12.1 Å². The van der Waals surface area contributed by atoms with Gasteiger partial charge in [-0.3, -0.25) is 4.68 Å². The monoisotopic (exact) mass is 289 g/mol. The van der Waals surface area contributed by atoms with Crippen LogP contribution in [-0.4, -0.2) is 30.5 Å². The Bertz CT molecular complexity index is 647. The lowest BCUT2D eigenvalue weighted by molar-refractivity contribution is 0.355. The van der Waals surface area contributed by atoms with Gasteiger partial charge in [0.25, 0.3) is 0 Å². The molecule has 1 aromatic carbocycles. The van der Waals surface area contributed by atoms with Crippen LogP contribution in [0.5, 0.6) is 11.5 Å². The fourth-order valence-electron chi connectivity index (χ4n) is 2.68. The molecule has 0 atom stereocenters. The largest absolute Gasteiger partial charge is 0.493 e. The maximum atomic E-state index is 5.69. The van der Waals surface area contributed by atoms with E-state index in [1.54, 1.807) is 14.2 Å². The molecule has 5 nitrogen and oxygen atoms in total. The molecule has 1 aromatic heterocycles. The van der Waals surface area contributed by atoms with Crippen molar-refractivity contribution >= 4 is 0 Å². The molecule has 0 aliphatic rings. The Balaban J connectivity index is 2.73. The molecule has 0 saturated heterocycles. The van der Waals surface area contributed by atoms with Crippen molar-refractivity contribution in [3.63, 3.8) is 0 Å². The van der Waals surface area contributed by atoms with Gasteiger partial charge in [-0.2, -0.15) is 5.10 Å². The minimum absolute atomic E-state index is 0.597. The Kier molecular flexibility index (Phi) is 4.53. The van der Waals surface area contributed by atoms with Gasteiger partial charge in [0.2, 0.25) is 0 Å². The summed E-state index contributed by atoms with van der Waals surface area (Å²) in [6.45, 7) is 4.65. The van der Waals surface area contributed by atoms with Crippen molar-refractivity contribution in [2.75, 3.05) is 20.8 Å². The van der Waals surface area contributed by atoms with Gasteiger partial charge in [0.05, 0.1) is 19.9 Å². The molecule has 2 rings (SSSR count). The molecule has 114 valence electrons. The maximum absolute atomic E-state index is 5.69. The smallest absolute Gasteiger partial charge is 0.168 e. The number of ether oxygens (including phenoxy) is 2. The second-order valence-electron chi connectivity index (χ2n) is 5.09. The summed E-state index contributed by atoms with van der Waals surface area (Å²) in [5.41, 5.74) is 11.0. The lowest BCUT2D eigenvalue weighted by Gasteiger charge is -2.15. The van der Waals surface area contributed by atoms with Crippen LogP contribution >= 0.6 is 0 Å². The highest BCUT2D eigenvalue weighted by atomic mass is 16.5. The van der Waals surface area contributed by atoms with Crippen LogP contribution in [0.25, 0.3) is 11.1 Å². The molecule has 0 saturated carbocycles. The van der Waals surface area contributed by atoms with E-state index in [1.165, 1.54) is 0 Å². The van der Waals surface area contributed by atoms with Crippen LogP contribution in [0, 0.1) is 13.8 Å². The number of methoxy groups -OCH3 is 2. The van der Waals surface area contributed by atoms with Gasteiger partial charge < -0.3 is 15.2 Å². The van der Waals surface area contributed by atoms with Crippen molar-refractivity contribution < 1.29 is 9.47 Å². The summed E-state index contributed by atoms with van der Waals surface area (Å²) in [6, 6.07) is 4.10. The maximum Gasteiger partial charge on any atom is 0.168 e. The van der Waals surface area contributed by atoms with Crippen molar-refractivity contribution in [2.24, 2.45) is 12.8 Å². The molecular formula is C16H23N3O2. The zero-order valence-electron chi connectivity index (χ0n) is 13.4. The number of nitrogens with zero attached hydrogens (tertiary/aromatic N) is 2. The van der Waals surface area contributed by atoms with Crippen molar-refractivity contribution in [3.05, 3.63) is 29.1 Å². The summed E-state index contributed by atoms with van der Waals surface area (Å²) in [7, 11) is 5.25. The van der Waals surface area contributed by atoms with E-state index in [9.17, 15) is 0 Å². The number of rotatable bonds is 5. The lowest BCUT2D eigenvalue weighted by atomic mass is 9.98. The Morgan fingerprint density at radius 2 is 1.90 bits per heavy atom. The third-order valence-electron chi connectivity index (χ3n) is 3.75. The van der Waals surface area contributed by atoms with E-state index >= 15 is 0 Å². The molecule has 0 spiro atoms. The van der Waals surface area contributed by atoms with Crippen molar-refractivity contribution in [1.82, 2.24) is 9.78 Å². The third-order valence-corrected chi connectivity index (χ3v) is 3.75. The molecule has 2 aromatic rings. The molecule has 0 bridgehead atoms. The Morgan fingerprint density at radius 1 is 1.19 bits per heavy atom. The van der Waals surface area contributed by atoms with Gasteiger partial charge in [0, 0.05) is 23.9 Å². The molecule has 21 heavy (non-hydrogen) atoms. The topological polar surface area (TPSA) is 62.3 Å². The highest BCUT2D eigenvalue weighted by Gasteiger charge is 2.20. The molecule has 0 radical (unpaired) electrons. The molecule has 0 aliphatic carbocycles. The van der Waals surface area contributed by atoms with Gasteiger partial charge in [-0.1, -0.05) is 0 Å². The lowest BCUT2D eigenvalue weighted by Crippen LogP contribution is -2.04. The van der Waals surface area contributed by atoms with Gasteiger partial charge in [-0.15, -0.1) is 0 Å². The summed E-state index contributed by atoms with van der Waals surface area (Å²) in [5, 5.41) is 4.49. The van der Waals surface area contributed by atoms with Crippen LogP contribution in [0.4, 0.5) is 0 Å². The number of hydrogen-bond donors (Lipinski definition) is 1. The number of benzene rings is 1. The standard InChI is InChI=1S/C16H23N3O2/c1-10-15(11(2)19(3)18-10)13-8-12(6-7-17)9-14(20-4)16(13)21-5/h8-9H,6-7,17H2,1-5H3. The van der Waals surface area contributed by atoms with E-state index in [1.807, 2.05) is 24.7 Å². The second-order valence-corrected chi connectivity index (χ2v) is 5.09. The fraction of sp³-hybridized carbons (Fsp3) is 0.438. The predicted molar refractivity (Wildman–Crippen MR) is 84.0 cm³/mol. The zero-order chi connectivity index (χ0) is 15.6. The predicted octanol–water partition coefficient (Wildman–Crippen LogP) is 2.22. The first-order valence-electron chi connectivity index (χ1n) is 6.99. The van der Waals surface area contributed by atoms with Gasteiger partial charge >= 0.3 is 0 Å². The van der Waals surface area contributed by atoms with Gasteiger partial charge in [-0.05, 0) is 44.5 Å². The van der Waals surface area contributed by atoms with E-state index in [2.05, 4.69) is 18.1 Å². The van der Waals surface area contributed by atoms with E-state index < -0.39 is 0 Å². The van der Waals surface area contributed by atoms with Gasteiger partial charge in [0.1, 0.15) is 0 Å². The molecule has 0 fully saturated rings. The van der Waals surface area contributed by atoms with Crippen LogP contribution < -0.4 is 15.2 Å². The summed E-state index contributed by atoms with van der Waals surface area (Å²) in [4.78, 5) is 0. The highest BCUT2D eigenvalue weighted by Crippen LogP contribution is 2.41. The zero-order valence-corrected chi connectivity index (χ0v) is 13.4. The summed E-state index contributed by atoms with van der Waals surface area (Å²) in [6.07, 6.45) is 0.797. The van der Waals surface area contributed by atoms with Crippen molar-refractivity contribution in [3.8, 4) is 22.6 Å². The average molecular weight is 289 g/mol. The minimum atomic E-state index is 0.597. The van der Waals surface area contributed by atoms with Gasteiger partial charge in [0.15, 0.2) is 11.5 Å². The first-order valence-corrected chi connectivity index (χ1v) is 6.99. The SMILES string of the molecule is COc1cc(CCN)cc(-c2c(C)nn(C)c2C)c1OC. The normalized spacial score (nSPS) is 10.8. The number of aromatic nitrogens is 2. The second kappa shape index (κ2) is 6.18. The Labute approximate surface area is 125 Å². The molecule has 1 heterocycles. The number of hydrogen-bond acceptors (Lipinski definition) is 4. The van der Waals surface area contributed by atoms with Crippen LogP contribution in [-0.2, 0) is 13.5 Å². The third kappa shape index (κ3) is 2.74. The summed E-state index contributed by atoms with van der Waals surface area (Å²) in [5.74, 6) is 1.46. The Morgan fingerprint density at radius 3 is 2.38 bits per heavy atom. The van der Waals surface area contributed by atoms with Crippen LogP contribution in [0.3, 0.4) is 0 Å². The van der Waals surface area contributed by atoms with Crippen molar-refractivity contribution in [2.45, 2.75) is 20.3 Å². The van der Waals surface area contributed by atoms with E-state index in [4.69, 9.17) is 15.2 Å². The molecule has 0 unspecified atom stereocenters. The fourth-order valence-corrected chi connectivity index (χ4v) is 2.68.